The van der Waals surface area contributed by atoms with Gasteiger partial charge >= 0.3 is 5.97 Å². The number of carbonyl (C=O) groups excluding carboxylic acids is 1. The summed E-state index contributed by atoms with van der Waals surface area (Å²) < 4.78 is 4.66. The number of para-hydroxylation sites is 1. The van der Waals surface area contributed by atoms with Gasteiger partial charge in [-0.25, -0.2) is 4.79 Å². The lowest BCUT2D eigenvalue weighted by Gasteiger charge is -2.05. The van der Waals surface area contributed by atoms with E-state index in [4.69, 9.17) is 5.26 Å². The van der Waals surface area contributed by atoms with E-state index in [1.54, 1.807) is 24.3 Å². The van der Waals surface area contributed by atoms with Crippen molar-refractivity contribution in [2.45, 2.75) is 0 Å². The van der Waals surface area contributed by atoms with Crippen LogP contribution in [0.5, 0.6) is 0 Å². The molecule has 0 bridgehead atoms. The topological polar surface area (TPSA) is 80.8 Å². The molecule has 0 saturated heterocycles. The summed E-state index contributed by atoms with van der Waals surface area (Å²) in [4.78, 5) is 12.8. The van der Waals surface area contributed by atoms with Crippen LogP contribution in [-0.2, 0) is 4.74 Å². The summed E-state index contributed by atoms with van der Waals surface area (Å²) in [6, 6.07) is 8.61. The zero-order valence-corrected chi connectivity index (χ0v) is 8.99. The highest BCUT2D eigenvalue weighted by atomic mass is 16.5. The molecule has 0 radical (unpaired) electrons. The number of nitrogens with zero attached hydrogens (tertiary/aromatic N) is 4. The van der Waals surface area contributed by atoms with Gasteiger partial charge in [-0.15, -0.1) is 9.90 Å². The van der Waals surface area contributed by atoms with Crippen molar-refractivity contribution in [3.63, 3.8) is 0 Å². The van der Waals surface area contributed by atoms with E-state index in [1.165, 1.54) is 18.1 Å². The van der Waals surface area contributed by atoms with E-state index in [2.05, 4.69) is 14.9 Å². The average Bonchev–Trinajstić information content (AvgIpc) is 2.86. The third kappa shape index (κ3) is 1.99. The van der Waals surface area contributed by atoms with Gasteiger partial charge in [-0.1, -0.05) is 12.1 Å². The van der Waals surface area contributed by atoms with E-state index in [9.17, 15) is 4.79 Å². The zero-order chi connectivity index (χ0) is 12.3. The van der Waals surface area contributed by atoms with Crippen LogP contribution < -0.4 is 0 Å². The minimum Gasteiger partial charge on any atom is -0.465 e. The Labute approximate surface area is 97.0 Å². The molecule has 0 unspecified atom stereocenters. The minimum atomic E-state index is -0.476. The molecule has 0 N–H and O–H groups in total. The minimum absolute atomic E-state index is 0.185. The Balaban J connectivity index is 2.52. The van der Waals surface area contributed by atoms with E-state index in [0.29, 0.717) is 11.3 Å². The van der Waals surface area contributed by atoms with Crippen molar-refractivity contribution in [1.29, 1.82) is 5.26 Å². The molecule has 0 amide bonds. The number of ether oxygens (including phenoxy) is 1. The highest BCUT2D eigenvalue weighted by Crippen LogP contribution is 2.13. The van der Waals surface area contributed by atoms with Crippen LogP contribution in [0, 0.1) is 11.3 Å². The maximum Gasteiger partial charge on any atom is 0.340 e. The van der Waals surface area contributed by atoms with Crippen LogP contribution in [0.25, 0.3) is 5.69 Å². The molecule has 0 spiro atoms. The molecule has 0 fully saturated rings. The van der Waals surface area contributed by atoms with Crippen LogP contribution in [0.1, 0.15) is 16.1 Å². The Morgan fingerprint density at radius 1 is 1.47 bits per heavy atom. The molecule has 2 rings (SSSR count). The molecule has 0 aliphatic heterocycles. The summed E-state index contributed by atoms with van der Waals surface area (Å²) in [5.41, 5.74) is 1.00. The Hall–Kier alpha value is -2.68. The molecule has 1 heterocycles. The molecule has 0 atom stereocenters. The van der Waals surface area contributed by atoms with Gasteiger partial charge in [0.1, 0.15) is 11.8 Å². The van der Waals surface area contributed by atoms with E-state index in [0.717, 1.165) is 0 Å². The molecular formula is C11H8N4O2. The predicted octanol–water partition coefficient (Wildman–Crippen LogP) is 0.926. The standard InChI is InChI=1S/C11H8N4O2/c1-17-11(16)9-4-2-3-5-10(9)15-13-7-8(6-12)14-15/h2-5,7H,1H3. The fourth-order valence-corrected chi connectivity index (χ4v) is 1.36. The second-order valence-electron chi connectivity index (χ2n) is 3.14. The molecule has 6 heteroatoms. The Morgan fingerprint density at radius 2 is 2.24 bits per heavy atom. The number of hydrogen-bond acceptors (Lipinski definition) is 5. The SMILES string of the molecule is COC(=O)c1ccccc1-n1ncc(C#N)n1. The van der Waals surface area contributed by atoms with E-state index < -0.39 is 5.97 Å². The number of aromatic nitrogens is 3. The predicted molar refractivity (Wildman–Crippen MR) is 57.4 cm³/mol. The molecule has 6 nitrogen and oxygen atoms in total. The number of esters is 1. The van der Waals surface area contributed by atoms with Gasteiger partial charge in [0, 0.05) is 0 Å². The van der Waals surface area contributed by atoms with Crippen molar-refractivity contribution in [2.24, 2.45) is 0 Å². The lowest BCUT2D eigenvalue weighted by Crippen LogP contribution is -2.09. The maximum atomic E-state index is 11.5. The van der Waals surface area contributed by atoms with E-state index >= 15 is 0 Å². The van der Waals surface area contributed by atoms with Gasteiger partial charge in [-0.2, -0.15) is 10.4 Å². The van der Waals surface area contributed by atoms with E-state index in [1.807, 2.05) is 6.07 Å². The smallest absolute Gasteiger partial charge is 0.340 e. The fraction of sp³-hybridized carbons (Fsp3) is 0.0909. The van der Waals surface area contributed by atoms with Crippen molar-refractivity contribution in [3.8, 4) is 11.8 Å². The Bertz CT molecular complexity index is 598. The summed E-state index contributed by atoms with van der Waals surface area (Å²) in [5.74, 6) is -0.476. The van der Waals surface area contributed by atoms with Gasteiger partial charge in [-0.05, 0) is 12.1 Å². The van der Waals surface area contributed by atoms with Crippen LogP contribution in [0.3, 0.4) is 0 Å². The van der Waals surface area contributed by atoms with Crippen molar-refractivity contribution in [1.82, 2.24) is 15.0 Å². The number of nitriles is 1. The van der Waals surface area contributed by atoms with Gasteiger partial charge in [-0.3, -0.25) is 0 Å². The first-order valence-corrected chi connectivity index (χ1v) is 4.76. The largest absolute Gasteiger partial charge is 0.465 e. The second-order valence-corrected chi connectivity index (χ2v) is 3.14. The summed E-state index contributed by atoms with van der Waals surface area (Å²) in [5, 5.41) is 16.5. The first-order valence-electron chi connectivity index (χ1n) is 4.76. The van der Waals surface area contributed by atoms with Crippen LogP contribution in [-0.4, -0.2) is 28.1 Å². The summed E-state index contributed by atoms with van der Waals surface area (Å²) in [6.45, 7) is 0. The van der Waals surface area contributed by atoms with Crippen LogP contribution >= 0.6 is 0 Å². The number of methoxy groups -OCH3 is 1. The summed E-state index contributed by atoms with van der Waals surface area (Å²) >= 11 is 0. The molecule has 2 aromatic rings. The molecule has 1 aromatic carbocycles. The highest BCUT2D eigenvalue weighted by molar-refractivity contribution is 5.93. The quantitative estimate of drug-likeness (QED) is 0.714. The maximum absolute atomic E-state index is 11.5. The molecule has 1 aromatic heterocycles. The van der Waals surface area contributed by atoms with Crippen molar-refractivity contribution in [3.05, 3.63) is 41.7 Å². The summed E-state index contributed by atoms with van der Waals surface area (Å²) in [7, 11) is 1.30. The van der Waals surface area contributed by atoms with Gasteiger partial charge in [0.25, 0.3) is 0 Å². The lowest BCUT2D eigenvalue weighted by atomic mass is 10.2. The average molecular weight is 228 g/mol. The molecule has 0 aliphatic carbocycles. The first-order chi connectivity index (χ1) is 8.26. The molecule has 17 heavy (non-hydrogen) atoms. The molecule has 0 saturated carbocycles. The van der Waals surface area contributed by atoms with Crippen LogP contribution in [0.15, 0.2) is 30.5 Å². The Kier molecular flexibility index (Phi) is 2.83. The van der Waals surface area contributed by atoms with Crippen molar-refractivity contribution in [2.75, 3.05) is 7.11 Å². The van der Waals surface area contributed by atoms with Crippen molar-refractivity contribution >= 4 is 5.97 Å². The van der Waals surface area contributed by atoms with Gasteiger partial charge < -0.3 is 4.74 Å². The van der Waals surface area contributed by atoms with Crippen LogP contribution in [0.4, 0.5) is 0 Å². The normalized spacial score (nSPS) is 9.65. The third-order valence-electron chi connectivity index (χ3n) is 2.13. The monoisotopic (exact) mass is 228 g/mol. The van der Waals surface area contributed by atoms with Gasteiger partial charge in [0.05, 0.1) is 18.9 Å². The first kappa shape index (κ1) is 10.8. The van der Waals surface area contributed by atoms with Gasteiger partial charge in [0.15, 0.2) is 5.69 Å². The van der Waals surface area contributed by atoms with E-state index in [-0.39, 0.29) is 5.69 Å². The number of carbonyl (C=O) groups is 1. The number of rotatable bonds is 2. The summed E-state index contributed by atoms with van der Waals surface area (Å²) in [6.07, 6.45) is 1.33. The fourth-order valence-electron chi connectivity index (χ4n) is 1.36. The van der Waals surface area contributed by atoms with Crippen molar-refractivity contribution < 1.29 is 9.53 Å². The molecule has 84 valence electrons. The van der Waals surface area contributed by atoms with Gasteiger partial charge in [0.2, 0.25) is 0 Å². The zero-order valence-electron chi connectivity index (χ0n) is 8.99. The van der Waals surface area contributed by atoms with Crippen LogP contribution in [0.2, 0.25) is 0 Å². The molecule has 0 aliphatic rings. The number of hydrogen-bond donors (Lipinski definition) is 0. The number of benzene rings is 1. The molecular weight excluding hydrogens is 220 g/mol. The lowest BCUT2D eigenvalue weighted by molar-refractivity contribution is 0.0600. The highest BCUT2D eigenvalue weighted by Gasteiger charge is 2.14. The third-order valence-corrected chi connectivity index (χ3v) is 2.13. The Morgan fingerprint density at radius 3 is 2.88 bits per heavy atom. The second kappa shape index (κ2) is 4.45.